The highest BCUT2D eigenvalue weighted by atomic mass is 35.5. The Morgan fingerprint density at radius 3 is 2.60 bits per heavy atom. The second kappa shape index (κ2) is 5.99. The predicted molar refractivity (Wildman–Crippen MR) is 69.6 cm³/mol. The zero-order valence-corrected chi connectivity index (χ0v) is 11.1. The van der Waals surface area contributed by atoms with Crippen LogP contribution in [0.4, 0.5) is 0 Å². The number of benzene rings is 1. The molecule has 0 amide bonds. The summed E-state index contributed by atoms with van der Waals surface area (Å²) in [5, 5.41) is 16.1. The molecule has 6 nitrogen and oxygen atoms in total. The van der Waals surface area contributed by atoms with Gasteiger partial charge in [-0.25, -0.2) is 4.79 Å². The molecule has 0 radical (unpaired) electrons. The summed E-state index contributed by atoms with van der Waals surface area (Å²) in [7, 11) is 1.24. The fraction of sp³-hybridized carbons (Fsp3) is 0.0769. The number of methoxy groups -OCH3 is 1. The summed E-state index contributed by atoms with van der Waals surface area (Å²) in [6.45, 7) is 0. The van der Waals surface area contributed by atoms with Crippen LogP contribution in [-0.4, -0.2) is 23.3 Å². The predicted octanol–water partition coefficient (Wildman–Crippen LogP) is 2.58. The fourth-order valence-electron chi connectivity index (χ4n) is 1.40. The van der Waals surface area contributed by atoms with Crippen molar-refractivity contribution in [1.29, 1.82) is 5.26 Å². The van der Waals surface area contributed by atoms with Crippen LogP contribution >= 0.6 is 11.6 Å². The number of carbonyl (C=O) groups excluding carboxylic acids is 1. The van der Waals surface area contributed by atoms with Gasteiger partial charge in [0.1, 0.15) is 11.3 Å². The van der Waals surface area contributed by atoms with Crippen molar-refractivity contribution >= 4 is 17.6 Å². The van der Waals surface area contributed by atoms with E-state index in [1.165, 1.54) is 13.2 Å². The van der Waals surface area contributed by atoms with Gasteiger partial charge >= 0.3 is 5.97 Å². The van der Waals surface area contributed by atoms with E-state index in [-0.39, 0.29) is 16.6 Å². The van der Waals surface area contributed by atoms with Gasteiger partial charge in [0.05, 0.1) is 18.7 Å². The number of rotatable bonds is 3. The Hall–Kier alpha value is -2.65. The summed E-state index contributed by atoms with van der Waals surface area (Å²) in [5.41, 5.74) is 0.560. The Morgan fingerprint density at radius 1 is 1.30 bits per heavy atom. The number of nitriles is 1. The van der Waals surface area contributed by atoms with Gasteiger partial charge in [-0.1, -0.05) is 11.6 Å². The second-order valence-electron chi connectivity index (χ2n) is 3.62. The molecule has 1 aromatic heterocycles. The number of halogens is 1. The van der Waals surface area contributed by atoms with Gasteiger partial charge < -0.3 is 9.47 Å². The summed E-state index contributed by atoms with van der Waals surface area (Å²) in [6, 6.07) is 9.61. The van der Waals surface area contributed by atoms with Crippen LogP contribution in [-0.2, 0) is 4.74 Å². The molecular weight excluding hydrogens is 282 g/mol. The molecule has 0 atom stereocenters. The number of carbonyl (C=O) groups is 1. The zero-order valence-electron chi connectivity index (χ0n) is 10.3. The minimum Gasteiger partial charge on any atom is -0.465 e. The first-order valence-electron chi connectivity index (χ1n) is 5.43. The molecule has 0 spiro atoms. The standard InChI is InChI=1S/C13H8ClN3O3/c1-19-13(18)10-6-11(14)16-17-12(10)20-9-4-2-8(7-15)3-5-9/h2-6H,1H3. The summed E-state index contributed by atoms with van der Waals surface area (Å²) in [4.78, 5) is 11.6. The lowest BCUT2D eigenvalue weighted by molar-refractivity contribution is 0.0596. The molecule has 0 saturated heterocycles. The van der Waals surface area contributed by atoms with Gasteiger partial charge in [-0.15, -0.1) is 10.2 Å². The normalized spacial score (nSPS) is 9.65. The van der Waals surface area contributed by atoms with E-state index in [0.717, 1.165) is 0 Å². The van der Waals surface area contributed by atoms with Gasteiger partial charge in [-0.3, -0.25) is 0 Å². The van der Waals surface area contributed by atoms with Crippen molar-refractivity contribution in [3.63, 3.8) is 0 Å². The average molecular weight is 290 g/mol. The Kier molecular flexibility index (Phi) is 4.13. The van der Waals surface area contributed by atoms with Crippen LogP contribution in [0.3, 0.4) is 0 Å². The molecule has 0 N–H and O–H groups in total. The average Bonchev–Trinajstić information content (AvgIpc) is 2.49. The fourth-order valence-corrected chi connectivity index (χ4v) is 1.54. The van der Waals surface area contributed by atoms with Gasteiger partial charge in [0.25, 0.3) is 5.88 Å². The van der Waals surface area contributed by atoms with Crippen LogP contribution in [0.15, 0.2) is 30.3 Å². The van der Waals surface area contributed by atoms with E-state index in [9.17, 15) is 4.79 Å². The third-order valence-electron chi connectivity index (χ3n) is 2.33. The maximum absolute atomic E-state index is 11.6. The molecule has 7 heteroatoms. The molecule has 20 heavy (non-hydrogen) atoms. The third kappa shape index (κ3) is 3.02. The largest absolute Gasteiger partial charge is 0.465 e. The minimum absolute atomic E-state index is 0.0223. The number of hydrogen-bond acceptors (Lipinski definition) is 6. The molecule has 2 rings (SSSR count). The number of aromatic nitrogens is 2. The third-order valence-corrected chi connectivity index (χ3v) is 2.52. The van der Waals surface area contributed by atoms with Crippen molar-refractivity contribution in [2.45, 2.75) is 0 Å². The quantitative estimate of drug-likeness (QED) is 0.807. The smallest absolute Gasteiger partial charge is 0.343 e. The summed E-state index contributed by atoms with van der Waals surface area (Å²) in [6.07, 6.45) is 0. The van der Waals surface area contributed by atoms with E-state index in [1.807, 2.05) is 6.07 Å². The van der Waals surface area contributed by atoms with E-state index in [0.29, 0.717) is 11.3 Å². The van der Waals surface area contributed by atoms with Crippen LogP contribution < -0.4 is 4.74 Å². The van der Waals surface area contributed by atoms with Crippen LogP contribution in [0.5, 0.6) is 11.6 Å². The Labute approximate surface area is 119 Å². The maximum Gasteiger partial charge on any atom is 0.343 e. The van der Waals surface area contributed by atoms with Gasteiger partial charge in [0.15, 0.2) is 5.15 Å². The molecule has 0 aliphatic carbocycles. The second-order valence-corrected chi connectivity index (χ2v) is 4.00. The summed E-state index contributed by atoms with van der Waals surface area (Å²) in [5.74, 6) is -0.248. The molecule has 0 fully saturated rings. The van der Waals surface area contributed by atoms with E-state index in [2.05, 4.69) is 14.9 Å². The van der Waals surface area contributed by atoms with Gasteiger partial charge in [0.2, 0.25) is 0 Å². The number of ether oxygens (including phenoxy) is 2. The first-order valence-corrected chi connectivity index (χ1v) is 5.81. The highest BCUT2D eigenvalue weighted by Gasteiger charge is 2.17. The van der Waals surface area contributed by atoms with Crippen molar-refractivity contribution in [3.8, 4) is 17.7 Å². The van der Waals surface area contributed by atoms with E-state index >= 15 is 0 Å². The topological polar surface area (TPSA) is 85.1 Å². The Morgan fingerprint density at radius 2 is 2.00 bits per heavy atom. The molecule has 0 aliphatic rings. The number of esters is 1. The van der Waals surface area contributed by atoms with Crippen LogP contribution in [0.25, 0.3) is 0 Å². The van der Waals surface area contributed by atoms with Crippen LogP contribution in [0, 0.1) is 11.3 Å². The highest BCUT2D eigenvalue weighted by molar-refractivity contribution is 6.29. The van der Waals surface area contributed by atoms with Crippen molar-refractivity contribution in [2.75, 3.05) is 7.11 Å². The molecule has 2 aromatic rings. The molecule has 1 aromatic carbocycles. The molecule has 0 bridgehead atoms. The van der Waals surface area contributed by atoms with E-state index in [4.69, 9.17) is 21.6 Å². The molecule has 1 heterocycles. The number of nitrogens with zero attached hydrogens (tertiary/aromatic N) is 3. The lowest BCUT2D eigenvalue weighted by Gasteiger charge is -2.08. The van der Waals surface area contributed by atoms with Crippen molar-refractivity contribution in [2.24, 2.45) is 0 Å². The van der Waals surface area contributed by atoms with Crippen LogP contribution in [0.1, 0.15) is 15.9 Å². The maximum atomic E-state index is 11.6. The minimum atomic E-state index is -0.634. The highest BCUT2D eigenvalue weighted by Crippen LogP contribution is 2.24. The molecular formula is C13H8ClN3O3. The first-order chi connectivity index (χ1) is 9.63. The molecule has 100 valence electrons. The zero-order chi connectivity index (χ0) is 14.5. The SMILES string of the molecule is COC(=O)c1cc(Cl)nnc1Oc1ccc(C#N)cc1. The molecule has 0 unspecified atom stereocenters. The summed E-state index contributed by atoms with van der Waals surface area (Å²) < 4.78 is 10.1. The van der Waals surface area contributed by atoms with E-state index < -0.39 is 5.97 Å². The lowest BCUT2D eigenvalue weighted by Crippen LogP contribution is -2.06. The van der Waals surface area contributed by atoms with Crippen molar-refractivity contribution < 1.29 is 14.3 Å². The number of hydrogen-bond donors (Lipinski definition) is 0. The first kappa shape index (κ1) is 13.8. The Bertz CT molecular complexity index is 680. The van der Waals surface area contributed by atoms with Gasteiger partial charge in [0, 0.05) is 0 Å². The lowest BCUT2D eigenvalue weighted by atomic mass is 10.2. The Balaban J connectivity index is 2.32. The van der Waals surface area contributed by atoms with Crippen molar-refractivity contribution in [3.05, 3.63) is 46.6 Å². The molecule has 0 saturated carbocycles. The summed E-state index contributed by atoms with van der Waals surface area (Å²) >= 11 is 5.69. The van der Waals surface area contributed by atoms with Crippen molar-refractivity contribution in [1.82, 2.24) is 10.2 Å². The van der Waals surface area contributed by atoms with Gasteiger partial charge in [-0.2, -0.15) is 5.26 Å². The van der Waals surface area contributed by atoms with E-state index in [1.54, 1.807) is 24.3 Å². The molecule has 0 aliphatic heterocycles. The van der Waals surface area contributed by atoms with Crippen LogP contribution in [0.2, 0.25) is 5.15 Å². The van der Waals surface area contributed by atoms with Gasteiger partial charge in [-0.05, 0) is 30.3 Å². The monoisotopic (exact) mass is 289 g/mol.